The highest BCUT2D eigenvalue weighted by Gasteiger charge is 2.32. The highest BCUT2D eigenvalue weighted by molar-refractivity contribution is 7.91. The van der Waals surface area contributed by atoms with Crippen LogP contribution < -0.4 is 4.74 Å². The van der Waals surface area contributed by atoms with Crippen LogP contribution in [0.2, 0.25) is 0 Å². The van der Waals surface area contributed by atoms with Gasteiger partial charge in [0, 0.05) is 13.3 Å². The van der Waals surface area contributed by atoms with Crippen LogP contribution in [0.4, 0.5) is 0 Å². The van der Waals surface area contributed by atoms with Crippen molar-refractivity contribution in [3.8, 4) is 5.75 Å². The van der Waals surface area contributed by atoms with Crippen molar-refractivity contribution >= 4 is 25.8 Å². The number of ether oxygens (including phenoxy) is 1. The number of carbonyl (C=O) groups is 1. The Morgan fingerprint density at radius 1 is 1.27 bits per heavy atom. The van der Waals surface area contributed by atoms with Crippen molar-refractivity contribution in [3.05, 3.63) is 18.2 Å². The van der Waals surface area contributed by atoms with Gasteiger partial charge < -0.3 is 9.84 Å². The number of nitrogens with zero attached hydrogens (tertiary/aromatic N) is 1. The van der Waals surface area contributed by atoms with E-state index in [9.17, 15) is 21.6 Å². The first kappa shape index (κ1) is 18.4. The third-order valence-electron chi connectivity index (χ3n) is 3.12. The third kappa shape index (κ3) is 3.57. The summed E-state index contributed by atoms with van der Waals surface area (Å²) in [5.74, 6) is -1.40. The molecule has 0 saturated heterocycles. The maximum absolute atomic E-state index is 12.5. The van der Waals surface area contributed by atoms with Gasteiger partial charge >= 0.3 is 5.97 Å². The third-order valence-corrected chi connectivity index (χ3v) is 6.18. The summed E-state index contributed by atoms with van der Waals surface area (Å²) in [7, 11) is -5.54. The van der Waals surface area contributed by atoms with Gasteiger partial charge in [0.25, 0.3) is 0 Å². The number of hydrogen-bond acceptors (Lipinski definition) is 6. The molecule has 0 fully saturated rings. The summed E-state index contributed by atoms with van der Waals surface area (Å²) < 4.78 is 53.8. The molecular formula is C12H17NO7S2. The Morgan fingerprint density at radius 3 is 2.23 bits per heavy atom. The average molecular weight is 351 g/mol. The number of sulfone groups is 1. The summed E-state index contributed by atoms with van der Waals surface area (Å²) in [6.07, 6.45) is 0.939. The standard InChI is InChI=1S/C12H17NO7S2/c1-8(12(14)15)13(2)22(18,19)11-7-9(21(4,16)17)5-6-10(11)20-3/h5-8H,1-4H3,(H,14,15). The zero-order chi connectivity index (χ0) is 17.3. The average Bonchev–Trinajstić information content (AvgIpc) is 2.43. The molecule has 124 valence electrons. The Bertz CT molecular complexity index is 784. The Hall–Kier alpha value is -1.65. The molecule has 0 bridgehead atoms. The van der Waals surface area contributed by atoms with Gasteiger partial charge in [0.1, 0.15) is 16.7 Å². The Labute approximate surface area is 129 Å². The van der Waals surface area contributed by atoms with Crippen molar-refractivity contribution in [1.82, 2.24) is 4.31 Å². The molecule has 0 aliphatic heterocycles. The first-order chi connectivity index (χ1) is 9.92. The SMILES string of the molecule is COc1ccc(S(C)(=O)=O)cc1S(=O)(=O)N(C)C(C)C(=O)O. The molecule has 0 heterocycles. The van der Waals surface area contributed by atoms with Crippen molar-refractivity contribution in [2.45, 2.75) is 22.8 Å². The fourth-order valence-electron chi connectivity index (χ4n) is 1.61. The summed E-state index contributed by atoms with van der Waals surface area (Å²) in [4.78, 5) is 10.4. The minimum atomic E-state index is -4.25. The van der Waals surface area contributed by atoms with E-state index in [0.717, 1.165) is 19.4 Å². The summed E-state index contributed by atoms with van der Waals surface area (Å²) in [5, 5.41) is 8.94. The van der Waals surface area contributed by atoms with Crippen LogP contribution in [0.3, 0.4) is 0 Å². The lowest BCUT2D eigenvalue weighted by molar-refractivity contribution is -0.140. The van der Waals surface area contributed by atoms with E-state index in [1.54, 1.807) is 0 Å². The van der Waals surface area contributed by atoms with E-state index in [1.807, 2.05) is 0 Å². The second-order valence-electron chi connectivity index (χ2n) is 4.62. The van der Waals surface area contributed by atoms with Crippen LogP contribution in [0.5, 0.6) is 5.75 Å². The lowest BCUT2D eigenvalue weighted by atomic mass is 10.3. The number of carboxylic acid groups (broad SMARTS) is 1. The zero-order valence-corrected chi connectivity index (χ0v) is 14.1. The molecule has 1 atom stereocenters. The highest BCUT2D eigenvalue weighted by Crippen LogP contribution is 2.29. The summed E-state index contributed by atoms with van der Waals surface area (Å²) in [6, 6.07) is 2.06. The minimum absolute atomic E-state index is 0.0724. The summed E-state index contributed by atoms with van der Waals surface area (Å²) in [6.45, 7) is 1.20. The Kier molecular flexibility index (Phi) is 5.21. The van der Waals surface area contributed by atoms with Crippen molar-refractivity contribution in [2.24, 2.45) is 0 Å². The van der Waals surface area contributed by atoms with Gasteiger partial charge in [-0.05, 0) is 25.1 Å². The van der Waals surface area contributed by atoms with E-state index in [-0.39, 0.29) is 10.6 Å². The molecule has 0 aliphatic rings. The maximum atomic E-state index is 12.5. The van der Waals surface area contributed by atoms with Gasteiger partial charge in [-0.3, -0.25) is 4.79 Å². The molecule has 1 unspecified atom stereocenters. The number of sulfonamides is 1. The molecule has 0 saturated carbocycles. The van der Waals surface area contributed by atoms with Crippen LogP contribution in [-0.4, -0.2) is 58.7 Å². The number of carboxylic acids is 1. The molecule has 1 rings (SSSR count). The van der Waals surface area contributed by atoms with Crippen LogP contribution in [0.25, 0.3) is 0 Å². The zero-order valence-electron chi connectivity index (χ0n) is 12.5. The van der Waals surface area contributed by atoms with E-state index < -0.39 is 36.8 Å². The van der Waals surface area contributed by atoms with Crippen LogP contribution in [0, 0.1) is 0 Å². The smallest absolute Gasteiger partial charge is 0.321 e. The van der Waals surface area contributed by atoms with Crippen LogP contribution in [0.1, 0.15) is 6.92 Å². The predicted molar refractivity (Wildman–Crippen MR) is 78.2 cm³/mol. The van der Waals surface area contributed by atoms with Gasteiger partial charge in [0.05, 0.1) is 12.0 Å². The molecule has 0 aliphatic carbocycles. The second-order valence-corrected chi connectivity index (χ2v) is 8.60. The Morgan fingerprint density at radius 2 is 1.82 bits per heavy atom. The molecule has 0 radical (unpaired) electrons. The molecule has 1 aromatic rings. The first-order valence-corrected chi connectivity index (χ1v) is 9.35. The summed E-state index contributed by atoms with van der Waals surface area (Å²) in [5.41, 5.74) is 0. The van der Waals surface area contributed by atoms with Gasteiger partial charge in [0.15, 0.2) is 9.84 Å². The fraction of sp³-hybridized carbons (Fsp3) is 0.417. The summed E-state index contributed by atoms with van der Waals surface area (Å²) >= 11 is 0. The molecule has 0 amide bonds. The molecule has 10 heteroatoms. The van der Waals surface area contributed by atoms with E-state index in [2.05, 4.69) is 0 Å². The van der Waals surface area contributed by atoms with Crippen LogP contribution in [-0.2, 0) is 24.7 Å². The number of hydrogen-bond donors (Lipinski definition) is 1. The number of methoxy groups -OCH3 is 1. The Balaban J connectivity index is 3.55. The molecule has 0 spiro atoms. The maximum Gasteiger partial charge on any atom is 0.321 e. The van der Waals surface area contributed by atoms with Gasteiger partial charge in [-0.25, -0.2) is 16.8 Å². The molecule has 1 aromatic carbocycles. The lowest BCUT2D eigenvalue weighted by Crippen LogP contribution is -2.40. The van der Waals surface area contributed by atoms with Crippen molar-refractivity contribution in [3.63, 3.8) is 0 Å². The van der Waals surface area contributed by atoms with Crippen LogP contribution in [0.15, 0.2) is 28.0 Å². The van der Waals surface area contributed by atoms with Crippen molar-refractivity contribution < 1.29 is 31.5 Å². The molecule has 22 heavy (non-hydrogen) atoms. The molecular weight excluding hydrogens is 334 g/mol. The predicted octanol–water partition coefficient (Wildman–Crippen LogP) is 0.192. The van der Waals surface area contributed by atoms with Gasteiger partial charge in [-0.1, -0.05) is 0 Å². The van der Waals surface area contributed by atoms with Gasteiger partial charge in [0.2, 0.25) is 10.0 Å². The topological polar surface area (TPSA) is 118 Å². The number of likely N-dealkylation sites (N-methyl/N-ethyl adjacent to an activating group) is 1. The lowest BCUT2D eigenvalue weighted by Gasteiger charge is -2.22. The monoisotopic (exact) mass is 351 g/mol. The van der Waals surface area contributed by atoms with E-state index in [0.29, 0.717) is 4.31 Å². The van der Waals surface area contributed by atoms with Crippen LogP contribution >= 0.6 is 0 Å². The fourth-order valence-corrected chi connectivity index (χ4v) is 3.83. The van der Waals surface area contributed by atoms with Crippen molar-refractivity contribution in [2.75, 3.05) is 20.4 Å². The first-order valence-electron chi connectivity index (χ1n) is 6.02. The van der Waals surface area contributed by atoms with E-state index in [1.165, 1.54) is 26.2 Å². The second kappa shape index (κ2) is 6.23. The van der Waals surface area contributed by atoms with Gasteiger partial charge in [-0.15, -0.1) is 0 Å². The molecule has 1 N–H and O–H groups in total. The van der Waals surface area contributed by atoms with E-state index >= 15 is 0 Å². The van der Waals surface area contributed by atoms with Crippen molar-refractivity contribution in [1.29, 1.82) is 0 Å². The number of rotatable bonds is 6. The molecule has 0 aromatic heterocycles. The van der Waals surface area contributed by atoms with E-state index in [4.69, 9.17) is 9.84 Å². The molecule has 8 nitrogen and oxygen atoms in total. The number of benzene rings is 1. The normalized spacial score (nSPS) is 13.9. The van der Waals surface area contributed by atoms with Gasteiger partial charge in [-0.2, -0.15) is 4.31 Å². The quantitative estimate of drug-likeness (QED) is 0.777. The largest absolute Gasteiger partial charge is 0.495 e. The minimum Gasteiger partial charge on any atom is -0.495 e. The number of aliphatic carboxylic acids is 1. The highest BCUT2D eigenvalue weighted by atomic mass is 32.2.